The van der Waals surface area contributed by atoms with Gasteiger partial charge >= 0.3 is 5.97 Å². The van der Waals surface area contributed by atoms with E-state index in [4.69, 9.17) is 9.47 Å². The van der Waals surface area contributed by atoms with Gasteiger partial charge in [-0.05, 0) is 34.1 Å². The van der Waals surface area contributed by atoms with Crippen LogP contribution >= 0.6 is 11.3 Å². The Kier molecular flexibility index (Phi) is 10.9. The number of nitrogens with zero attached hydrogens (tertiary/aromatic N) is 2. The SMILES string of the molecule is CCCCOCCN=C(NCC)NC(C)c1nc(C)c(C(=O)OCC)s1. The molecule has 0 saturated carbocycles. The summed E-state index contributed by atoms with van der Waals surface area (Å²) in [6.45, 7) is 12.9. The summed E-state index contributed by atoms with van der Waals surface area (Å²) in [7, 11) is 0. The largest absolute Gasteiger partial charge is 0.462 e. The fourth-order valence-corrected chi connectivity index (χ4v) is 3.11. The molecule has 0 fully saturated rings. The molecule has 1 unspecified atom stereocenters. The van der Waals surface area contributed by atoms with Crippen molar-refractivity contribution < 1.29 is 14.3 Å². The lowest BCUT2D eigenvalue weighted by molar-refractivity contribution is 0.0531. The fourth-order valence-electron chi connectivity index (χ4n) is 2.15. The van der Waals surface area contributed by atoms with Crippen LogP contribution in [0, 0.1) is 6.92 Å². The van der Waals surface area contributed by atoms with E-state index < -0.39 is 0 Å². The van der Waals surface area contributed by atoms with Crippen LogP contribution in [0.25, 0.3) is 0 Å². The maximum absolute atomic E-state index is 12.0. The second-order valence-electron chi connectivity index (χ2n) is 5.78. The summed E-state index contributed by atoms with van der Waals surface area (Å²) in [6, 6.07) is -0.0688. The monoisotopic (exact) mass is 384 g/mol. The topological polar surface area (TPSA) is 84.8 Å². The number of esters is 1. The number of aryl methyl sites for hydroxylation is 1. The molecule has 8 heteroatoms. The van der Waals surface area contributed by atoms with E-state index in [0.717, 1.165) is 31.0 Å². The summed E-state index contributed by atoms with van der Waals surface area (Å²) in [5.74, 6) is 0.399. The lowest BCUT2D eigenvalue weighted by Crippen LogP contribution is -2.39. The number of nitrogens with one attached hydrogen (secondary N) is 2. The number of thiazole rings is 1. The predicted molar refractivity (Wildman–Crippen MR) is 106 cm³/mol. The van der Waals surface area contributed by atoms with Crippen molar-refractivity contribution in [2.24, 2.45) is 4.99 Å². The van der Waals surface area contributed by atoms with Crippen LogP contribution in [0.4, 0.5) is 0 Å². The first-order valence-corrected chi connectivity index (χ1v) is 10.1. The van der Waals surface area contributed by atoms with Gasteiger partial charge in [0.15, 0.2) is 5.96 Å². The Labute approximate surface area is 160 Å². The van der Waals surface area contributed by atoms with Crippen LogP contribution in [0.15, 0.2) is 4.99 Å². The molecule has 0 bridgehead atoms. The van der Waals surface area contributed by atoms with Gasteiger partial charge in [0.2, 0.25) is 0 Å². The molecule has 26 heavy (non-hydrogen) atoms. The molecule has 0 spiro atoms. The minimum Gasteiger partial charge on any atom is -0.462 e. The summed E-state index contributed by atoms with van der Waals surface area (Å²) in [4.78, 5) is 21.5. The number of rotatable bonds is 11. The van der Waals surface area contributed by atoms with Crippen LogP contribution in [-0.2, 0) is 9.47 Å². The third kappa shape index (κ3) is 7.70. The molecule has 0 aliphatic carbocycles. The zero-order valence-electron chi connectivity index (χ0n) is 16.6. The molecule has 1 aromatic rings. The average molecular weight is 385 g/mol. The van der Waals surface area contributed by atoms with Gasteiger partial charge < -0.3 is 20.1 Å². The van der Waals surface area contributed by atoms with Crippen molar-refractivity contribution in [3.63, 3.8) is 0 Å². The van der Waals surface area contributed by atoms with E-state index in [1.165, 1.54) is 11.3 Å². The van der Waals surface area contributed by atoms with Crippen LogP contribution in [0.2, 0.25) is 0 Å². The average Bonchev–Trinajstić information content (AvgIpc) is 3.00. The number of carbonyl (C=O) groups is 1. The first-order chi connectivity index (χ1) is 12.5. The summed E-state index contributed by atoms with van der Waals surface area (Å²) < 4.78 is 10.6. The Morgan fingerprint density at radius 3 is 2.73 bits per heavy atom. The van der Waals surface area contributed by atoms with E-state index in [9.17, 15) is 4.79 Å². The lowest BCUT2D eigenvalue weighted by Gasteiger charge is -2.16. The Balaban J connectivity index is 2.64. The van der Waals surface area contributed by atoms with Gasteiger partial charge in [-0.15, -0.1) is 11.3 Å². The number of aliphatic imine (C=N–C) groups is 1. The molecule has 7 nitrogen and oxygen atoms in total. The number of unbranched alkanes of at least 4 members (excludes halogenated alkanes) is 1. The summed E-state index contributed by atoms with van der Waals surface area (Å²) in [6.07, 6.45) is 2.21. The quantitative estimate of drug-likeness (QED) is 0.264. The molecule has 2 N–H and O–H groups in total. The normalized spacial score (nSPS) is 12.7. The Hall–Kier alpha value is -1.67. The summed E-state index contributed by atoms with van der Waals surface area (Å²) in [5, 5.41) is 7.37. The molecule has 0 radical (unpaired) electrons. The van der Waals surface area contributed by atoms with E-state index >= 15 is 0 Å². The molecule has 148 valence electrons. The minimum absolute atomic E-state index is 0.0688. The zero-order valence-corrected chi connectivity index (χ0v) is 17.4. The number of guanidine groups is 1. The number of hydrogen-bond donors (Lipinski definition) is 2. The predicted octanol–water partition coefficient (Wildman–Crippen LogP) is 3.06. The zero-order chi connectivity index (χ0) is 19.4. The van der Waals surface area contributed by atoms with Crippen molar-refractivity contribution in [2.75, 3.05) is 32.9 Å². The highest BCUT2D eigenvalue weighted by atomic mass is 32.1. The van der Waals surface area contributed by atoms with Crippen LogP contribution in [0.5, 0.6) is 0 Å². The van der Waals surface area contributed by atoms with Crippen molar-refractivity contribution >= 4 is 23.3 Å². The van der Waals surface area contributed by atoms with E-state index in [1.807, 2.05) is 20.8 Å². The van der Waals surface area contributed by atoms with Gasteiger partial charge in [-0.1, -0.05) is 13.3 Å². The standard InChI is InChI=1S/C18H32N4O3S/c1-6-9-11-24-12-10-20-18(19-7-2)22-14(5)16-21-13(4)15(26-16)17(23)25-8-3/h14H,6-12H2,1-5H3,(H2,19,20,22). The van der Waals surface area contributed by atoms with Crippen LogP contribution in [-0.4, -0.2) is 49.8 Å². The fraction of sp³-hybridized carbons (Fsp3) is 0.722. The van der Waals surface area contributed by atoms with Crippen molar-refractivity contribution in [3.8, 4) is 0 Å². The highest BCUT2D eigenvalue weighted by Crippen LogP contribution is 2.24. The van der Waals surface area contributed by atoms with Crippen molar-refractivity contribution in [3.05, 3.63) is 15.6 Å². The molecule has 0 amide bonds. The molecule has 1 rings (SSSR count). The van der Waals surface area contributed by atoms with Crippen LogP contribution in [0.1, 0.15) is 67.0 Å². The van der Waals surface area contributed by atoms with E-state index in [-0.39, 0.29) is 12.0 Å². The van der Waals surface area contributed by atoms with Gasteiger partial charge in [0.05, 0.1) is 31.5 Å². The minimum atomic E-state index is -0.314. The highest BCUT2D eigenvalue weighted by molar-refractivity contribution is 7.13. The molecule has 1 aromatic heterocycles. The highest BCUT2D eigenvalue weighted by Gasteiger charge is 2.20. The van der Waals surface area contributed by atoms with E-state index in [2.05, 4.69) is 27.5 Å². The Morgan fingerprint density at radius 1 is 1.31 bits per heavy atom. The maximum Gasteiger partial charge on any atom is 0.350 e. The molecule has 0 aliphatic rings. The Bertz CT molecular complexity index is 575. The van der Waals surface area contributed by atoms with E-state index in [1.54, 1.807) is 6.92 Å². The molecule has 0 aliphatic heterocycles. The lowest BCUT2D eigenvalue weighted by atomic mass is 10.3. The maximum atomic E-state index is 12.0. The molecule has 0 saturated heterocycles. The van der Waals surface area contributed by atoms with Gasteiger partial charge in [-0.25, -0.2) is 9.78 Å². The van der Waals surface area contributed by atoms with Gasteiger partial charge in [0.25, 0.3) is 0 Å². The van der Waals surface area contributed by atoms with Crippen molar-refractivity contribution in [1.29, 1.82) is 0 Å². The van der Waals surface area contributed by atoms with Gasteiger partial charge in [-0.2, -0.15) is 0 Å². The molecular weight excluding hydrogens is 352 g/mol. The van der Waals surface area contributed by atoms with Crippen LogP contribution in [0.3, 0.4) is 0 Å². The molecular formula is C18H32N4O3S. The number of hydrogen-bond acceptors (Lipinski definition) is 6. The van der Waals surface area contributed by atoms with Gasteiger partial charge in [0.1, 0.15) is 9.88 Å². The smallest absolute Gasteiger partial charge is 0.350 e. The third-order valence-corrected chi connectivity index (χ3v) is 4.81. The number of aromatic nitrogens is 1. The number of carbonyl (C=O) groups excluding carboxylic acids is 1. The Morgan fingerprint density at radius 2 is 2.08 bits per heavy atom. The molecule has 0 aromatic carbocycles. The van der Waals surface area contributed by atoms with E-state index in [0.29, 0.717) is 36.3 Å². The van der Waals surface area contributed by atoms with Gasteiger partial charge in [-0.3, -0.25) is 4.99 Å². The molecule has 1 heterocycles. The second kappa shape index (κ2) is 12.6. The third-order valence-electron chi connectivity index (χ3n) is 3.49. The first-order valence-electron chi connectivity index (χ1n) is 9.30. The summed E-state index contributed by atoms with van der Waals surface area (Å²) in [5.41, 5.74) is 0.698. The van der Waals surface area contributed by atoms with Gasteiger partial charge in [0, 0.05) is 13.2 Å². The first kappa shape index (κ1) is 22.4. The number of ether oxygens (including phenoxy) is 2. The second-order valence-corrected chi connectivity index (χ2v) is 6.81. The van der Waals surface area contributed by atoms with Crippen LogP contribution < -0.4 is 10.6 Å². The van der Waals surface area contributed by atoms with Crippen molar-refractivity contribution in [1.82, 2.24) is 15.6 Å². The van der Waals surface area contributed by atoms with Crippen molar-refractivity contribution in [2.45, 2.75) is 53.5 Å². The molecule has 1 atom stereocenters. The summed E-state index contributed by atoms with van der Waals surface area (Å²) >= 11 is 1.36.